The molecule has 0 aliphatic carbocycles. The molecule has 0 saturated carbocycles. The molecule has 2 heterocycles. The molecule has 5 nitrogen and oxygen atoms in total. The first kappa shape index (κ1) is 14.7. The molecule has 1 aliphatic rings. The van der Waals surface area contributed by atoms with Crippen LogP contribution in [-0.2, 0) is 0 Å². The van der Waals surface area contributed by atoms with E-state index in [1.165, 1.54) is 5.57 Å². The lowest BCUT2D eigenvalue weighted by atomic mass is 10.0. The Balaban J connectivity index is 1.73. The minimum absolute atomic E-state index is 0.122. The van der Waals surface area contributed by atoms with E-state index in [0.29, 0.717) is 11.3 Å². The minimum atomic E-state index is 0.122. The van der Waals surface area contributed by atoms with Crippen LogP contribution in [0.15, 0.2) is 48.5 Å². The van der Waals surface area contributed by atoms with Crippen LogP contribution in [0.5, 0.6) is 11.5 Å². The molecule has 0 spiro atoms. The molecular weight excluding hydrogens is 302 g/mol. The SMILES string of the molecule is Oc1ccc2cc(-c3ccc(C4=CCNCC4)nn3)c(O)cc2c1. The number of phenols is 2. The van der Waals surface area contributed by atoms with Crippen molar-refractivity contribution in [2.45, 2.75) is 6.42 Å². The summed E-state index contributed by atoms with van der Waals surface area (Å²) in [6, 6.07) is 12.4. The van der Waals surface area contributed by atoms with Gasteiger partial charge >= 0.3 is 0 Å². The number of fused-ring (bicyclic) bond motifs is 1. The van der Waals surface area contributed by atoms with Crippen LogP contribution in [0.3, 0.4) is 0 Å². The van der Waals surface area contributed by atoms with Gasteiger partial charge in [-0.2, -0.15) is 5.10 Å². The molecule has 0 saturated heterocycles. The highest BCUT2D eigenvalue weighted by atomic mass is 16.3. The third-order valence-electron chi connectivity index (χ3n) is 4.27. The fraction of sp³-hybridized carbons (Fsp3) is 0.158. The van der Waals surface area contributed by atoms with Crippen LogP contribution >= 0.6 is 0 Å². The zero-order valence-corrected chi connectivity index (χ0v) is 13.0. The second kappa shape index (κ2) is 5.94. The standard InChI is InChI=1S/C19H17N3O2/c23-15-2-1-13-10-16(19(24)11-14(13)9-15)18-4-3-17(21-22-18)12-5-7-20-8-6-12/h1-5,9-11,20,23-24H,6-8H2. The van der Waals surface area contributed by atoms with Crippen molar-refractivity contribution in [2.24, 2.45) is 0 Å². The Morgan fingerprint density at radius 3 is 2.46 bits per heavy atom. The van der Waals surface area contributed by atoms with Crippen molar-refractivity contribution < 1.29 is 10.2 Å². The maximum Gasteiger partial charge on any atom is 0.125 e. The molecule has 2 aromatic carbocycles. The van der Waals surface area contributed by atoms with Gasteiger partial charge in [-0.1, -0.05) is 12.1 Å². The van der Waals surface area contributed by atoms with Crippen molar-refractivity contribution in [1.82, 2.24) is 15.5 Å². The van der Waals surface area contributed by atoms with Crippen molar-refractivity contribution in [2.75, 3.05) is 13.1 Å². The fourth-order valence-corrected chi connectivity index (χ4v) is 2.98. The molecule has 120 valence electrons. The molecule has 0 amide bonds. The molecule has 0 atom stereocenters. The minimum Gasteiger partial charge on any atom is -0.508 e. The van der Waals surface area contributed by atoms with Crippen LogP contribution in [0, 0.1) is 0 Å². The van der Waals surface area contributed by atoms with Crippen LogP contribution in [0.25, 0.3) is 27.6 Å². The number of aromatic hydroxyl groups is 2. The Morgan fingerprint density at radius 2 is 1.71 bits per heavy atom. The van der Waals surface area contributed by atoms with E-state index in [9.17, 15) is 10.2 Å². The summed E-state index contributed by atoms with van der Waals surface area (Å²) in [4.78, 5) is 0. The molecule has 3 N–H and O–H groups in total. The monoisotopic (exact) mass is 319 g/mol. The molecule has 24 heavy (non-hydrogen) atoms. The number of hydrogen-bond acceptors (Lipinski definition) is 5. The van der Waals surface area contributed by atoms with Crippen LogP contribution in [0.4, 0.5) is 0 Å². The summed E-state index contributed by atoms with van der Waals surface area (Å²) in [6.07, 6.45) is 3.08. The Bertz CT molecular complexity index is 933. The van der Waals surface area contributed by atoms with Crippen molar-refractivity contribution in [3.8, 4) is 22.8 Å². The molecular formula is C19H17N3O2. The van der Waals surface area contributed by atoms with E-state index in [0.717, 1.165) is 36.0 Å². The van der Waals surface area contributed by atoms with Gasteiger partial charge in [-0.25, -0.2) is 0 Å². The van der Waals surface area contributed by atoms with Gasteiger partial charge in [-0.15, -0.1) is 5.10 Å². The summed E-state index contributed by atoms with van der Waals surface area (Å²) in [5.74, 6) is 0.297. The average molecular weight is 319 g/mol. The number of nitrogens with one attached hydrogen (secondary N) is 1. The maximum atomic E-state index is 10.3. The lowest BCUT2D eigenvalue weighted by molar-refractivity contribution is 0.475. The highest BCUT2D eigenvalue weighted by molar-refractivity contribution is 5.90. The first-order valence-electron chi connectivity index (χ1n) is 7.91. The van der Waals surface area contributed by atoms with Crippen LogP contribution < -0.4 is 5.32 Å². The largest absolute Gasteiger partial charge is 0.508 e. The van der Waals surface area contributed by atoms with Crippen LogP contribution in [-0.4, -0.2) is 33.5 Å². The van der Waals surface area contributed by atoms with Crippen LogP contribution in [0.2, 0.25) is 0 Å². The second-order valence-electron chi connectivity index (χ2n) is 5.89. The highest BCUT2D eigenvalue weighted by Gasteiger charge is 2.11. The number of aromatic nitrogens is 2. The zero-order valence-electron chi connectivity index (χ0n) is 13.0. The van der Waals surface area contributed by atoms with E-state index in [1.54, 1.807) is 18.2 Å². The van der Waals surface area contributed by atoms with E-state index in [2.05, 4.69) is 21.6 Å². The molecule has 0 radical (unpaired) electrons. The molecule has 1 aliphatic heterocycles. The van der Waals surface area contributed by atoms with Gasteiger partial charge < -0.3 is 15.5 Å². The van der Waals surface area contributed by atoms with E-state index in [1.807, 2.05) is 24.3 Å². The van der Waals surface area contributed by atoms with Gasteiger partial charge in [0.1, 0.15) is 11.5 Å². The summed E-state index contributed by atoms with van der Waals surface area (Å²) in [5, 5.41) is 33.4. The van der Waals surface area contributed by atoms with Gasteiger partial charge in [0.25, 0.3) is 0 Å². The van der Waals surface area contributed by atoms with Crippen LogP contribution in [0.1, 0.15) is 12.1 Å². The summed E-state index contributed by atoms with van der Waals surface area (Å²) < 4.78 is 0. The highest BCUT2D eigenvalue weighted by Crippen LogP contribution is 2.33. The van der Waals surface area contributed by atoms with Crippen molar-refractivity contribution in [3.05, 3.63) is 54.2 Å². The van der Waals surface area contributed by atoms with E-state index >= 15 is 0 Å². The molecule has 3 aromatic rings. The Morgan fingerprint density at radius 1 is 0.875 bits per heavy atom. The summed E-state index contributed by atoms with van der Waals surface area (Å²) in [6.45, 7) is 1.81. The molecule has 0 fully saturated rings. The quantitative estimate of drug-likeness (QED) is 0.676. The maximum absolute atomic E-state index is 10.3. The van der Waals surface area contributed by atoms with Gasteiger partial charge in [0.15, 0.2) is 0 Å². The normalized spacial score (nSPS) is 14.6. The van der Waals surface area contributed by atoms with Gasteiger partial charge in [-0.05, 0) is 65.7 Å². The first-order valence-corrected chi connectivity index (χ1v) is 7.91. The number of nitrogens with zero attached hydrogens (tertiary/aromatic N) is 2. The summed E-state index contributed by atoms with van der Waals surface area (Å²) in [7, 11) is 0. The first-order chi connectivity index (χ1) is 11.7. The number of benzene rings is 2. The lowest BCUT2D eigenvalue weighted by Crippen LogP contribution is -2.20. The summed E-state index contributed by atoms with van der Waals surface area (Å²) in [5.41, 5.74) is 3.34. The Hall–Kier alpha value is -2.92. The molecule has 4 rings (SSSR count). The van der Waals surface area contributed by atoms with Gasteiger partial charge in [0, 0.05) is 12.1 Å². The van der Waals surface area contributed by atoms with Gasteiger partial charge in [-0.3, -0.25) is 0 Å². The van der Waals surface area contributed by atoms with Gasteiger partial charge in [0.2, 0.25) is 0 Å². The van der Waals surface area contributed by atoms with Gasteiger partial charge in [0.05, 0.1) is 11.4 Å². The average Bonchev–Trinajstić information content (AvgIpc) is 2.62. The molecule has 0 bridgehead atoms. The Kier molecular flexibility index (Phi) is 3.63. The van der Waals surface area contributed by atoms with Crippen molar-refractivity contribution >= 4 is 16.3 Å². The van der Waals surface area contributed by atoms with Crippen molar-refractivity contribution in [3.63, 3.8) is 0 Å². The third kappa shape index (κ3) is 2.70. The predicted octanol–water partition coefficient (Wildman–Crippen LogP) is 3.08. The number of phenolic OH excluding ortho intramolecular Hbond substituents is 2. The molecule has 0 unspecified atom stereocenters. The van der Waals surface area contributed by atoms with E-state index < -0.39 is 0 Å². The molecule has 1 aromatic heterocycles. The summed E-state index contributed by atoms with van der Waals surface area (Å²) >= 11 is 0. The fourth-order valence-electron chi connectivity index (χ4n) is 2.98. The smallest absolute Gasteiger partial charge is 0.125 e. The number of rotatable bonds is 2. The lowest BCUT2D eigenvalue weighted by Gasteiger charge is -2.13. The van der Waals surface area contributed by atoms with E-state index in [4.69, 9.17) is 0 Å². The Labute approximate surface area is 139 Å². The van der Waals surface area contributed by atoms with Crippen molar-refractivity contribution in [1.29, 1.82) is 0 Å². The predicted molar refractivity (Wildman–Crippen MR) is 93.8 cm³/mol. The van der Waals surface area contributed by atoms with E-state index in [-0.39, 0.29) is 11.5 Å². The molecule has 5 heteroatoms. The number of hydrogen-bond donors (Lipinski definition) is 3. The zero-order chi connectivity index (χ0) is 16.5. The third-order valence-corrected chi connectivity index (χ3v) is 4.27. The second-order valence-corrected chi connectivity index (χ2v) is 5.89. The topological polar surface area (TPSA) is 78.3 Å².